The number of thioether (sulfide) groups is 1. The number of hydrogen-bond donors (Lipinski definition) is 1. The van der Waals surface area contributed by atoms with Gasteiger partial charge in [-0.2, -0.15) is 5.26 Å². The van der Waals surface area contributed by atoms with Gasteiger partial charge in [0.25, 0.3) is 5.92 Å². The Balaban J connectivity index is 1.64. The number of benzene rings is 1. The number of aromatic nitrogens is 3. The number of alkyl halides is 2. The first-order valence-corrected chi connectivity index (χ1v) is 11.9. The summed E-state index contributed by atoms with van der Waals surface area (Å²) in [7, 11) is 1.51. The molecule has 0 amide bonds. The molecule has 0 saturated carbocycles. The Labute approximate surface area is 199 Å². The predicted molar refractivity (Wildman–Crippen MR) is 123 cm³/mol. The lowest BCUT2D eigenvalue weighted by Gasteiger charge is -2.31. The second kappa shape index (κ2) is 9.71. The van der Waals surface area contributed by atoms with Crippen LogP contribution >= 0.6 is 23.4 Å². The van der Waals surface area contributed by atoms with Gasteiger partial charge in [-0.05, 0) is 12.3 Å². The van der Waals surface area contributed by atoms with Crippen molar-refractivity contribution < 1.29 is 18.3 Å². The zero-order valence-corrected chi connectivity index (χ0v) is 19.7. The highest BCUT2D eigenvalue weighted by atomic mass is 35.5. The molecule has 1 aliphatic rings. The lowest BCUT2D eigenvalue weighted by atomic mass is 10.1. The van der Waals surface area contributed by atoms with E-state index in [2.05, 4.69) is 21.0 Å². The van der Waals surface area contributed by atoms with Crippen molar-refractivity contribution in [1.82, 2.24) is 19.9 Å². The zero-order valence-electron chi connectivity index (χ0n) is 18.1. The first-order chi connectivity index (χ1) is 15.8. The van der Waals surface area contributed by atoms with Crippen molar-refractivity contribution in [2.45, 2.75) is 23.9 Å². The van der Waals surface area contributed by atoms with E-state index < -0.39 is 5.92 Å². The average Bonchev–Trinajstić information content (AvgIpc) is 3.23. The van der Waals surface area contributed by atoms with E-state index in [-0.39, 0.29) is 12.8 Å². The fraction of sp³-hybridized carbons (Fsp3) is 0.409. The number of likely N-dealkylation sites (tertiary alicyclic amines) is 1. The van der Waals surface area contributed by atoms with Gasteiger partial charge in [-0.1, -0.05) is 23.4 Å². The SMILES string of the molecule is COc1cc(Cl)c(-c2nc(SC)nc3[nH]cc(C#N)c23)cc1OCCN1CCC(F)(F)CC1. The predicted octanol–water partition coefficient (Wildman–Crippen LogP) is 4.99. The van der Waals surface area contributed by atoms with Crippen molar-refractivity contribution in [1.29, 1.82) is 5.26 Å². The molecule has 0 unspecified atom stereocenters. The number of rotatable bonds is 7. The number of hydrogen-bond acceptors (Lipinski definition) is 7. The van der Waals surface area contributed by atoms with E-state index in [1.165, 1.54) is 18.9 Å². The molecule has 3 aromatic rings. The molecule has 7 nitrogen and oxygen atoms in total. The standard InChI is InChI=1S/C22H22ClF2N5O2S/c1-31-16-10-15(23)14(9-17(16)32-8-7-30-5-3-22(24,25)4-6-30)19-18-13(11-26)12-27-20(18)29-21(28-19)33-2/h9-10,12H,3-8H2,1-2H3,(H,27,28,29). The van der Waals surface area contributed by atoms with Gasteiger partial charge >= 0.3 is 0 Å². The first-order valence-electron chi connectivity index (χ1n) is 10.3. The molecule has 174 valence electrons. The summed E-state index contributed by atoms with van der Waals surface area (Å²) in [4.78, 5) is 14.0. The molecule has 1 fully saturated rings. The van der Waals surface area contributed by atoms with E-state index in [9.17, 15) is 14.0 Å². The molecular formula is C22H22ClF2N5O2S. The van der Waals surface area contributed by atoms with Crippen LogP contribution in [0.15, 0.2) is 23.5 Å². The fourth-order valence-corrected chi connectivity index (χ4v) is 4.37. The molecule has 1 saturated heterocycles. The first kappa shape index (κ1) is 23.5. The molecule has 1 aliphatic heterocycles. The maximum atomic E-state index is 13.4. The third kappa shape index (κ3) is 5.00. The van der Waals surface area contributed by atoms with Gasteiger partial charge in [0.05, 0.1) is 28.8 Å². The molecule has 4 rings (SSSR count). The Morgan fingerprint density at radius 1 is 1.27 bits per heavy atom. The number of methoxy groups -OCH3 is 1. The Kier molecular flexibility index (Phi) is 6.93. The van der Waals surface area contributed by atoms with Crippen LogP contribution in [0.25, 0.3) is 22.3 Å². The number of piperidine rings is 1. The molecule has 0 radical (unpaired) electrons. The van der Waals surface area contributed by atoms with Gasteiger partial charge in [0.2, 0.25) is 0 Å². The van der Waals surface area contributed by atoms with E-state index in [0.29, 0.717) is 75.8 Å². The molecule has 11 heteroatoms. The second-order valence-electron chi connectivity index (χ2n) is 7.63. The third-order valence-electron chi connectivity index (χ3n) is 5.58. The minimum Gasteiger partial charge on any atom is -0.493 e. The molecule has 3 heterocycles. The largest absolute Gasteiger partial charge is 0.493 e. The van der Waals surface area contributed by atoms with Crippen LogP contribution in [-0.4, -0.2) is 65.4 Å². The topological polar surface area (TPSA) is 87.1 Å². The number of nitriles is 1. The van der Waals surface area contributed by atoms with Crippen molar-refractivity contribution in [3.63, 3.8) is 0 Å². The summed E-state index contributed by atoms with van der Waals surface area (Å²) >= 11 is 7.95. The lowest BCUT2D eigenvalue weighted by Crippen LogP contribution is -2.41. The van der Waals surface area contributed by atoms with Gasteiger partial charge in [-0.25, -0.2) is 18.7 Å². The van der Waals surface area contributed by atoms with Gasteiger partial charge in [-0.3, -0.25) is 4.90 Å². The van der Waals surface area contributed by atoms with E-state index in [1.54, 1.807) is 18.3 Å². The summed E-state index contributed by atoms with van der Waals surface area (Å²) in [5.41, 5.74) is 2.03. The van der Waals surface area contributed by atoms with Crippen molar-refractivity contribution in [3.8, 4) is 28.8 Å². The number of nitrogens with one attached hydrogen (secondary N) is 1. The van der Waals surface area contributed by atoms with Crippen LogP contribution in [0.2, 0.25) is 5.02 Å². The van der Waals surface area contributed by atoms with E-state index in [1.807, 2.05) is 11.2 Å². The van der Waals surface area contributed by atoms with Crippen LogP contribution in [0.4, 0.5) is 8.78 Å². The summed E-state index contributed by atoms with van der Waals surface area (Å²) < 4.78 is 38.2. The van der Waals surface area contributed by atoms with Gasteiger partial charge in [-0.15, -0.1) is 0 Å². The molecule has 1 aromatic carbocycles. The Morgan fingerprint density at radius 2 is 2.03 bits per heavy atom. The monoisotopic (exact) mass is 493 g/mol. The van der Waals surface area contributed by atoms with Crippen LogP contribution in [0.5, 0.6) is 11.5 Å². The average molecular weight is 494 g/mol. The molecule has 0 atom stereocenters. The van der Waals surface area contributed by atoms with Gasteiger partial charge < -0.3 is 14.5 Å². The number of ether oxygens (including phenoxy) is 2. The molecule has 1 N–H and O–H groups in total. The highest BCUT2D eigenvalue weighted by Gasteiger charge is 2.33. The van der Waals surface area contributed by atoms with Crippen LogP contribution in [0.1, 0.15) is 18.4 Å². The quantitative estimate of drug-likeness (QED) is 0.366. The minimum absolute atomic E-state index is 0.138. The Hall–Kier alpha value is -2.61. The Bertz CT molecular complexity index is 1200. The summed E-state index contributed by atoms with van der Waals surface area (Å²) in [6.07, 6.45) is 3.17. The summed E-state index contributed by atoms with van der Waals surface area (Å²) in [6, 6.07) is 5.52. The number of nitrogens with zero attached hydrogens (tertiary/aromatic N) is 4. The molecule has 0 aliphatic carbocycles. The van der Waals surface area contributed by atoms with Crippen molar-refractivity contribution in [3.05, 3.63) is 28.9 Å². The van der Waals surface area contributed by atoms with Crippen LogP contribution in [-0.2, 0) is 0 Å². The Morgan fingerprint density at radius 3 is 2.70 bits per heavy atom. The highest BCUT2D eigenvalue weighted by molar-refractivity contribution is 7.98. The maximum absolute atomic E-state index is 13.4. The molecule has 0 spiro atoms. The summed E-state index contributed by atoms with van der Waals surface area (Å²) in [5.74, 6) is -1.69. The smallest absolute Gasteiger partial charge is 0.250 e. The summed E-state index contributed by atoms with van der Waals surface area (Å²) in [6.45, 7) is 1.48. The molecule has 0 bridgehead atoms. The van der Waals surface area contributed by atoms with Crippen LogP contribution in [0.3, 0.4) is 0 Å². The van der Waals surface area contributed by atoms with Crippen molar-refractivity contribution in [2.24, 2.45) is 0 Å². The normalized spacial score (nSPS) is 16.0. The van der Waals surface area contributed by atoms with Crippen LogP contribution in [0, 0.1) is 11.3 Å². The lowest BCUT2D eigenvalue weighted by molar-refractivity contribution is -0.0564. The number of fused-ring (bicyclic) bond motifs is 1. The van der Waals surface area contributed by atoms with Crippen molar-refractivity contribution >= 4 is 34.4 Å². The van der Waals surface area contributed by atoms with Gasteiger partial charge in [0.1, 0.15) is 18.3 Å². The molecule has 2 aromatic heterocycles. The van der Waals surface area contributed by atoms with E-state index in [0.717, 1.165) is 0 Å². The second-order valence-corrected chi connectivity index (χ2v) is 8.81. The molecule has 33 heavy (non-hydrogen) atoms. The minimum atomic E-state index is -2.58. The summed E-state index contributed by atoms with van der Waals surface area (Å²) in [5, 5.41) is 11.0. The van der Waals surface area contributed by atoms with Crippen LogP contribution < -0.4 is 9.47 Å². The van der Waals surface area contributed by atoms with E-state index >= 15 is 0 Å². The molecular weight excluding hydrogens is 472 g/mol. The number of aromatic amines is 1. The number of halogens is 3. The van der Waals surface area contributed by atoms with E-state index in [4.69, 9.17) is 21.1 Å². The third-order valence-corrected chi connectivity index (χ3v) is 6.44. The fourth-order valence-electron chi connectivity index (χ4n) is 3.76. The van der Waals surface area contributed by atoms with Crippen molar-refractivity contribution in [2.75, 3.05) is 39.6 Å². The highest BCUT2D eigenvalue weighted by Crippen LogP contribution is 2.41. The zero-order chi connectivity index (χ0) is 23.6. The van der Waals surface area contributed by atoms with Gasteiger partial charge in [0.15, 0.2) is 16.7 Å². The maximum Gasteiger partial charge on any atom is 0.250 e. The van der Waals surface area contributed by atoms with Gasteiger partial charge in [0, 0.05) is 50.3 Å². The number of H-pyrrole nitrogens is 1.